The third kappa shape index (κ3) is 5.40. The molecule has 1 aliphatic rings. The molecule has 0 saturated heterocycles. The Balaban J connectivity index is 2.09. The van der Waals surface area contributed by atoms with Gasteiger partial charge in [0.05, 0.1) is 44.6 Å². The van der Waals surface area contributed by atoms with Crippen molar-refractivity contribution in [3.8, 4) is 17.6 Å². The minimum atomic E-state index is -0.543. The molecule has 0 aliphatic carbocycles. The molecule has 1 heterocycles. The number of hydrogen-bond donors (Lipinski definition) is 0. The normalized spacial score (nSPS) is 15.9. The summed E-state index contributed by atoms with van der Waals surface area (Å²) in [6.07, 6.45) is 0.0743. The minimum absolute atomic E-state index is 0.0743. The van der Waals surface area contributed by atoms with Gasteiger partial charge < -0.3 is 19.1 Å². The van der Waals surface area contributed by atoms with Gasteiger partial charge >= 0.3 is 5.97 Å². The molecular weight excluding hydrogens is 432 g/mol. The Morgan fingerprint density at radius 2 is 1.94 bits per heavy atom. The van der Waals surface area contributed by atoms with Gasteiger partial charge in [0.2, 0.25) is 5.91 Å². The van der Waals surface area contributed by atoms with Crippen LogP contribution in [0.3, 0.4) is 0 Å². The first-order valence-corrected chi connectivity index (χ1v) is 11.2. The summed E-state index contributed by atoms with van der Waals surface area (Å²) in [4.78, 5) is 28.2. The van der Waals surface area contributed by atoms with E-state index in [4.69, 9.17) is 14.2 Å². The van der Waals surface area contributed by atoms with Crippen molar-refractivity contribution in [2.24, 2.45) is 5.92 Å². The molecule has 1 aliphatic heterocycles. The van der Waals surface area contributed by atoms with Gasteiger partial charge in [0, 0.05) is 23.6 Å². The van der Waals surface area contributed by atoms with Crippen LogP contribution in [0.1, 0.15) is 49.8 Å². The van der Waals surface area contributed by atoms with E-state index < -0.39 is 11.9 Å². The molecule has 1 unspecified atom stereocenters. The lowest BCUT2D eigenvalue weighted by Gasteiger charge is -2.35. The van der Waals surface area contributed by atoms with Crippen molar-refractivity contribution in [2.45, 2.75) is 39.7 Å². The van der Waals surface area contributed by atoms with Crippen LogP contribution in [0, 0.1) is 17.2 Å². The standard InChI is InChI=1S/C27H30N2O5/c1-17(2)16-34-27(31)26-18(3)29(15-20-8-6-7-19(11-20)14-28)25(30)13-23(26)22-12-21(32-4)9-10-24(22)33-5/h6-12,17,23H,13,15-16H2,1-5H3. The molecule has 0 fully saturated rings. The number of benzene rings is 2. The molecule has 1 atom stereocenters. The summed E-state index contributed by atoms with van der Waals surface area (Å²) in [5, 5.41) is 9.22. The zero-order valence-electron chi connectivity index (χ0n) is 20.3. The molecule has 34 heavy (non-hydrogen) atoms. The minimum Gasteiger partial charge on any atom is -0.497 e. The van der Waals surface area contributed by atoms with Crippen LogP contribution in [-0.2, 0) is 20.9 Å². The first-order valence-electron chi connectivity index (χ1n) is 11.2. The van der Waals surface area contributed by atoms with Gasteiger partial charge in [0.1, 0.15) is 11.5 Å². The van der Waals surface area contributed by atoms with Crippen LogP contribution in [-0.4, -0.2) is 37.6 Å². The van der Waals surface area contributed by atoms with E-state index in [0.717, 1.165) is 5.56 Å². The second-order valence-electron chi connectivity index (χ2n) is 8.65. The molecule has 7 heteroatoms. The Labute approximate surface area is 200 Å². The van der Waals surface area contributed by atoms with Crippen LogP contribution in [0.4, 0.5) is 0 Å². The number of carbonyl (C=O) groups excluding carboxylic acids is 2. The summed E-state index contributed by atoms with van der Waals surface area (Å²) in [5.41, 5.74) is 2.96. The van der Waals surface area contributed by atoms with Crippen molar-refractivity contribution < 1.29 is 23.8 Å². The molecular formula is C27H30N2O5. The summed E-state index contributed by atoms with van der Waals surface area (Å²) in [5.74, 6) is 0.213. The Morgan fingerprint density at radius 3 is 2.59 bits per heavy atom. The zero-order valence-corrected chi connectivity index (χ0v) is 20.3. The number of rotatable bonds is 8. The van der Waals surface area contributed by atoms with E-state index in [9.17, 15) is 14.9 Å². The molecule has 0 aromatic heterocycles. The Hall–Kier alpha value is -3.79. The Kier molecular flexibility index (Phi) is 7.95. The lowest BCUT2D eigenvalue weighted by Crippen LogP contribution is -2.38. The molecule has 3 rings (SSSR count). The monoisotopic (exact) mass is 462 g/mol. The first-order chi connectivity index (χ1) is 16.3. The highest BCUT2D eigenvalue weighted by atomic mass is 16.5. The highest BCUT2D eigenvalue weighted by Gasteiger charge is 2.38. The highest BCUT2D eigenvalue weighted by molar-refractivity contribution is 5.96. The first kappa shape index (κ1) is 24.8. The number of hydrogen-bond acceptors (Lipinski definition) is 6. The molecule has 0 bridgehead atoms. The summed E-state index contributed by atoms with van der Waals surface area (Å²) in [6.45, 7) is 6.22. The maximum Gasteiger partial charge on any atom is 0.336 e. The average molecular weight is 463 g/mol. The second kappa shape index (κ2) is 10.9. The predicted molar refractivity (Wildman–Crippen MR) is 127 cm³/mol. The molecule has 7 nitrogen and oxygen atoms in total. The van der Waals surface area contributed by atoms with Crippen molar-refractivity contribution >= 4 is 11.9 Å². The predicted octanol–water partition coefficient (Wildman–Crippen LogP) is 4.56. The largest absolute Gasteiger partial charge is 0.497 e. The van der Waals surface area contributed by atoms with Gasteiger partial charge in [-0.15, -0.1) is 0 Å². The van der Waals surface area contributed by atoms with E-state index in [1.807, 2.05) is 19.9 Å². The molecule has 0 spiro atoms. The number of nitrogens with zero attached hydrogens (tertiary/aromatic N) is 2. The van der Waals surface area contributed by atoms with Gasteiger partial charge in [0.25, 0.3) is 0 Å². The van der Waals surface area contributed by atoms with E-state index in [0.29, 0.717) is 33.9 Å². The van der Waals surface area contributed by atoms with Crippen LogP contribution in [0.25, 0.3) is 0 Å². The number of amides is 1. The van der Waals surface area contributed by atoms with Gasteiger partial charge in [-0.1, -0.05) is 26.0 Å². The molecule has 2 aromatic carbocycles. The molecule has 178 valence electrons. The fraction of sp³-hybridized carbons (Fsp3) is 0.370. The highest BCUT2D eigenvalue weighted by Crippen LogP contribution is 2.42. The fourth-order valence-electron chi connectivity index (χ4n) is 4.09. The van der Waals surface area contributed by atoms with E-state index in [1.165, 1.54) is 0 Å². The van der Waals surface area contributed by atoms with Crippen molar-refractivity contribution in [1.82, 2.24) is 4.90 Å². The smallest absolute Gasteiger partial charge is 0.336 e. The van der Waals surface area contributed by atoms with Gasteiger partial charge in [-0.3, -0.25) is 4.79 Å². The molecule has 2 aromatic rings. The van der Waals surface area contributed by atoms with Crippen molar-refractivity contribution in [3.63, 3.8) is 0 Å². The van der Waals surface area contributed by atoms with Crippen LogP contribution >= 0.6 is 0 Å². The third-order valence-corrected chi connectivity index (χ3v) is 5.80. The molecule has 0 radical (unpaired) electrons. The van der Waals surface area contributed by atoms with Gasteiger partial charge in [-0.05, 0) is 48.7 Å². The van der Waals surface area contributed by atoms with Crippen LogP contribution < -0.4 is 9.47 Å². The summed E-state index contributed by atoms with van der Waals surface area (Å²) in [6, 6.07) is 14.6. The molecule has 0 N–H and O–H groups in total. The SMILES string of the molecule is COc1ccc(OC)c(C2CC(=O)N(Cc3cccc(C#N)c3)C(C)=C2C(=O)OCC(C)C)c1. The second-order valence-corrected chi connectivity index (χ2v) is 8.65. The Bertz CT molecular complexity index is 1150. The quantitative estimate of drug-likeness (QED) is 0.534. The maximum absolute atomic E-state index is 13.3. The average Bonchev–Trinajstić information content (AvgIpc) is 2.84. The summed E-state index contributed by atoms with van der Waals surface area (Å²) in [7, 11) is 3.12. The maximum atomic E-state index is 13.3. The van der Waals surface area contributed by atoms with E-state index in [2.05, 4.69) is 6.07 Å². The molecule has 0 saturated carbocycles. The lowest BCUT2D eigenvalue weighted by atomic mass is 9.83. The van der Waals surface area contributed by atoms with E-state index in [-0.39, 0.29) is 31.4 Å². The van der Waals surface area contributed by atoms with Gasteiger partial charge in [-0.25, -0.2) is 4.79 Å². The number of nitriles is 1. The number of esters is 1. The van der Waals surface area contributed by atoms with Crippen molar-refractivity contribution in [2.75, 3.05) is 20.8 Å². The third-order valence-electron chi connectivity index (χ3n) is 5.80. The van der Waals surface area contributed by atoms with Crippen molar-refractivity contribution in [3.05, 3.63) is 70.4 Å². The summed E-state index contributed by atoms with van der Waals surface area (Å²) >= 11 is 0. The summed E-state index contributed by atoms with van der Waals surface area (Å²) < 4.78 is 16.6. The van der Waals surface area contributed by atoms with E-state index >= 15 is 0 Å². The zero-order chi connectivity index (χ0) is 24.8. The number of allylic oxidation sites excluding steroid dienone is 1. The topological polar surface area (TPSA) is 88.9 Å². The van der Waals surface area contributed by atoms with Crippen LogP contribution in [0.15, 0.2) is 53.7 Å². The number of methoxy groups -OCH3 is 2. The fourth-order valence-corrected chi connectivity index (χ4v) is 4.09. The van der Waals surface area contributed by atoms with Gasteiger partial charge in [-0.2, -0.15) is 5.26 Å². The van der Waals surface area contributed by atoms with Crippen molar-refractivity contribution in [1.29, 1.82) is 5.26 Å². The number of carbonyl (C=O) groups is 2. The molecule has 1 amide bonds. The Morgan fingerprint density at radius 1 is 1.18 bits per heavy atom. The van der Waals surface area contributed by atoms with E-state index in [1.54, 1.807) is 62.4 Å². The van der Waals surface area contributed by atoms with Crippen LogP contribution in [0.2, 0.25) is 0 Å². The lowest BCUT2D eigenvalue weighted by molar-refractivity contribution is -0.141. The van der Waals surface area contributed by atoms with Gasteiger partial charge in [0.15, 0.2) is 0 Å². The van der Waals surface area contributed by atoms with Crippen LogP contribution in [0.5, 0.6) is 11.5 Å². The number of ether oxygens (including phenoxy) is 3.